The molecule has 2 amide bonds. The van der Waals surface area contributed by atoms with Gasteiger partial charge in [-0.05, 0) is 43.4 Å². The Labute approximate surface area is 113 Å². The summed E-state index contributed by atoms with van der Waals surface area (Å²) in [6, 6.07) is 7.31. The highest BCUT2D eigenvalue weighted by Crippen LogP contribution is 2.23. The molecule has 5 nitrogen and oxygen atoms in total. The SMILES string of the molecule is NC(=O)NNCc1ccc(OC2CCCCC2)cc1. The van der Waals surface area contributed by atoms with Gasteiger partial charge in [0.05, 0.1) is 6.10 Å². The van der Waals surface area contributed by atoms with Crippen molar-refractivity contribution in [2.75, 3.05) is 0 Å². The van der Waals surface area contributed by atoms with Crippen LogP contribution in [0.3, 0.4) is 0 Å². The van der Waals surface area contributed by atoms with Crippen molar-refractivity contribution in [3.63, 3.8) is 0 Å². The molecule has 0 aliphatic heterocycles. The molecule has 1 aliphatic rings. The van der Waals surface area contributed by atoms with Gasteiger partial charge in [0.2, 0.25) is 0 Å². The van der Waals surface area contributed by atoms with E-state index < -0.39 is 6.03 Å². The van der Waals surface area contributed by atoms with Gasteiger partial charge in [0.15, 0.2) is 0 Å². The molecule has 0 atom stereocenters. The van der Waals surface area contributed by atoms with E-state index in [2.05, 4.69) is 10.9 Å². The Morgan fingerprint density at radius 1 is 1.21 bits per heavy atom. The number of hydrazine groups is 1. The van der Waals surface area contributed by atoms with Crippen LogP contribution in [0.4, 0.5) is 4.79 Å². The second-order valence-corrected chi connectivity index (χ2v) is 4.86. The van der Waals surface area contributed by atoms with Crippen LogP contribution in [0.5, 0.6) is 5.75 Å². The number of nitrogens with two attached hydrogens (primary N) is 1. The molecule has 0 spiro atoms. The average molecular weight is 263 g/mol. The summed E-state index contributed by atoms with van der Waals surface area (Å²) in [5.41, 5.74) is 11.1. The number of amides is 2. The number of carbonyl (C=O) groups is 1. The molecule has 1 saturated carbocycles. The number of primary amides is 1. The lowest BCUT2D eigenvalue weighted by molar-refractivity contribution is 0.155. The molecular weight excluding hydrogens is 242 g/mol. The smallest absolute Gasteiger partial charge is 0.326 e. The molecule has 5 heteroatoms. The second kappa shape index (κ2) is 6.99. The minimum absolute atomic E-state index is 0.370. The topological polar surface area (TPSA) is 76.4 Å². The number of hydrogen-bond donors (Lipinski definition) is 3. The van der Waals surface area contributed by atoms with Gasteiger partial charge >= 0.3 is 6.03 Å². The number of hydrogen-bond acceptors (Lipinski definition) is 3. The molecule has 4 N–H and O–H groups in total. The molecule has 19 heavy (non-hydrogen) atoms. The summed E-state index contributed by atoms with van der Waals surface area (Å²) in [6.07, 6.45) is 6.56. The van der Waals surface area contributed by atoms with Crippen LogP contribution in [0.15, 0.2) is 24.3 Å². The summed E-state index contributed by atoms with van der Waals surface area (Å²) in [5.74, 6) is 0.915. The first kappa shape index (κ1) is 13.7. The van der Waals surface area contributed by atoms with Gasteiger partial charge in [-0.1, -0.05) is 18.6 Å². The van der Waals surface area contributed by atoms with Crippen LogP contribution in [-0.2, 0) is 6.54 Å². The highest BCUT2D eigenvalue weighted by Gasteiger charge is 2.14. The van der Waals surface area contributed by atoms with Crippen molar-refractivity contribution in [2.45, 2.75) is 44.8 Å². The third-order valence-corrected chi connectivity index (χ3v) is 3.28. The van der Waals surface area contributed by atoms with Gasteiger partial charge in [0.25, 0.3) is 0 Å². The van der Waals surface area contributed by atoms with Crippen molar-refractivity contribution >= 4 is 6.03 Å². The van der Waals surface area contributed by atoms with Gasteiger partial charge in [-0.2, -0.15) is 0 Å². The monoisotopic (exact) mass is 263 g/mol. The van der Waals surface area contributed by atoms with Crippen molar-refractivity contribution in [3.8, 4) is 5.75 Å². The van der Waals surface area contributed by atoms with Crippen LogP contribution in [0.2, 0.25) is 0 Å². The molecule has 1 aromatic rings. The van der Waals surface area contributed by atoms with Crippen LogP contribution in [0.1, 0.15) is 37.7 Å². The lowest BCUT2D eigenvalue weighted by Gasteiger charge is -2.23. The Morgan fingerprint density at radius 3 is 2.53 bits per heavy atom. The van der Waals surface area contributed by atoms with Gasteiger partial charge in [0.1, 0.15) is 5.75 Å². The quantitative estimate of drug-likeness (QED) is 0.712. The summed E-state index contributed by atoms with van der Waals surface area (Å²) >= 11 is 0. The molecule has 1 aliphatic carbocycles. The molecule has 0 aromatic heterocycles. The van der Waals surface area contributed by atoms with Crippen LogP contribution in [0, 0.1) is 0 Å². The molecule has 0 radical (unpaired) electrons. The molecule has 104 valence electrons. The van der Waals surface area contributed by atoms with Gasteiger partial charge in [0, 0.05) is 6.54 Å². The number of ether oxygens (including phenoxy) is 1. The van der Waals surface area contributed by atoms with Crippen molar-refractivity contribution in [2.24, 2.45) is 5.73 Å². The maximum Gasteiger partial charge on any atom is 0.326 e. The fourth-order valence-corrected chi connectivity index (χ4v) is 2.29. The minimum atomic E-state index is -0.586. The normalized spacial score (nSPS) is 16.0. The Kier molecular flexibility index (Phi) is 5.03. The molecule has 1 fully saturated rings. The number of nitrogens with one attached hydrogen (secondary N) is 2. The number of benzene rings is 1. The van der Waals surface area contributed by atoms with Crippen molar-refractivity contribution in [1.82, 2.24) is 10.9 Å². The van der Waals surface area contributed by atoms with E-state index in [-0.39, 0.29) is 0 Å². The maximum atomic E-state index is 10.5. The molecule has 1 aromatic carbocycles. The van der Waals surface area contributed by atoms with Crippen molar-refractivity contribution in [1.29, 1.82) is 0 Å². The summed E-state index contributed by atoms with van der Waals surface area (Å²) in [7, 11) is 0. The maximum absolute atomic E-state index is 10.5. The van der Waals surface area contributed by atoms with E-state index in [4.69, 9.17) is 10.5 Å². The second-order valence-electron chi connectivity index (χ2n) is 4.86. The molecule has 2 rings (SSSR count). The first-order valence-corrected chi connectivity index (χ1v) is 6.78. The third-order valence-electron chi connectivity index (χ3n) is 3.28. The summed E-state index contributed by atoms with van der Waals surface area (Å²) in [6.45, 7) is 0.534. The highest BCUT2D eigenvalue weighted by molar-refractivity contribution is 5.70. The van der Waals surface area contributed by atoms with Crippen LogP contribution >= 0.6 is 0 Å². The summed E-state index contributed by atoms with van der Waals surface area (Å²) < 4.78 is 5.94. The molecule has 0 bridgehead atoms. The van der Waals surface area contributed by atoms with Crippen LogP contribution in [-0.4, -0.2) is 12.1 Å². The van der Waals surface area contributed by atoms with Crippen molar-refractivity contribution < 1.29 is 9.53 Å². The fourth-order valence-electron chi connectivity index (χ4n) is 2.29. The fraction of sp³-hybridized carbons (Fsp3) is 0.500. The van der Waals surface area contributed by atoms with E-state index in [9.17, 15) is 4.79 Å². The van der Waals surface area contributed by atoms with Crippen LogP contribution in [0.25, 0.3) is 0 Å². The predicted molar refractivity (Wildman–Crippen MR) is 73.5 cm³/mol. The van der Waals surface area contributed by atoms with Gasteiger partial charge < -0.3 is 10.5 Å². The molecule has 0 unspecified atom stereocenters. The summed E-state index contributed by atoms with van der Waals surface area (Å²) in [4.78, 5) is 10.5. The third kappa shape index (κ3) is 4.79. The van der Waals surface area contributed by atoms with Gasteiger partial charge in [-0.25, -0.2) is 10.2 Å². The Hall–Kier alpha value is -1.75. The standard InChI is InChI=1S/C14H21N3O2/c15-14(18)17-16-10-11-6-8-13(9-7-11)19-12-4-2-1-3-5-12/h6-9,12,16H,1-5,10H2,(H3,15,17,18). The van der Waals surface area contributed by atoms with E-state index in [1.807, 2.05) is 24.3 Å². The van der Waals surface area contributed by atoms with Gasteiger partial charge in [-0.15, -0.1) is 0 Å². The highest BCUT2D eigenvalue weighted by atomic mass is 16.5. The van der Waals surface area contributed by atoms with E-state index in [1.54, 1.807) is 0 Å². The van der Waals surface area contributed by atoms with Gasteiger partial charge in [-0.3, -0.25) is 5.43 Å². The number of carbonyl (C=O) groups excluding carboxylic acids is 1. The first-order chi connectivity index (χ1) is 9.24. The Bertz CT molecular complexity index is 400. The number of rotatable bonds is 5. The lowest BCUT2D eigenvalue weighted by Crippen LogP contribution is -2.40. The zero-order valence-electron chi connectivity index (χ0n) is 11.0. The average Bonchev–Trinajstić information content (AvgIpc) is 2.42. The first-order valence-electron chi connectivity index (χ1n) is 6.78. The minimum Gasteiger partial charge on any atom is -0.490 e. The zero-order valence-corrected chi connectivity index (χ0v) is 11.0. The number of urea groups is 1. The Balaban J connectivity index is 1.78. The van der Waals surface area contributed by atoms with E-state index in [1.165, 1.54) is 19.3 Å². The largest absolute Gasteiger partial charge is 0.490 e. The Morgan fingerprint density at radius 2 is 1.89 bits per heavy atom. The van der Waals surface area contributed by atoms with Crippen LogP contribution < -0.4 is 21.3 Å². The zero-order chi connectivity index (χ0) is 13.5. The van der Waals surface area contributed by atoms with E-state index >= 15 is 0 Å². The molecule has 0 saturated heterocycles. The molecular formula is C14H21N3O2. The van der Waals surface area contributed by atoms with E-state index in [0.29, 0.717) is 12.6 Å². The summed E-state index contributed by atoms with van der Waals surface area (Å²) in [5, 5.41) is 0. The molecule has 0 heterocycles. The lowest BCUT2D eigenvalue weighted by atomic mass is 9.98. The van der Waals surface area contributed by atoms with Crippen molar-refractivity contribution in [3.05, 3.63) is 29.8 Å². The van der Waals surface area contributed by atoms with E-state index in [0.717, 1.165) is 24.2 Å². The predicted octanol–water partition coefficient (Wildman–Crippen LogP) is 2.07.